The van der Waals surface area contributed by atoms with Crippen LogP contribution in [0.15, 0.2) is 18.2 Å². The maximum absolute atomic E-state index is 9.68. The average molecular weight is 256 g/mol. The monoisotopic (exact) mass is 256 g/mol. The van der Waals surface area contributed by atoms with Crippen molar-refractivity contribution in [3.63, 3.8) is 0 Å². The van der Waals surface area contributed by atoms with Gasteiger partial charge < -0.3 is 5.11 Å². The Balaban J connectivity index is 1.72. The fourth-order valence-electron chi connectivity index (χ4n) is 5.56. The fourth-order valence-corrected chi connectivity index (χ4v) is 5.56. The van der Waals surface area contributed by atoms with E-state index in [1.165, 1.54) is 50.5 Å². The number of benzene rings is 1. The molecule has 4 atom stereocenters. The number of fused-ring (bicyclic) bond motifs is 5. The summed E-state index contributed by atoms with van der Waals surface area (Å²) in [4.78, 5) is 0. The van der Waals surface area contributed by atoms with E-state index in [1.807, 2.05) is 12.1 Å². The lowest BCUT2D eigenvalue weighted by atomic mass is 9.56. The number of phenols is 1. The van der Waals surface area contributed by atoms with Gasteiger partial charge in [-0.15, -0.1) is 0 Å². The van der Waals surface area contributed by atoms with Crippen LogP contribution in [0.25, 0.3) is 0 Å². The minimum Gasteiger partial charge on any atom is -0.508 e. The van der Waals surface area contributed by atoms with E-state index in [1.54, 1.807) is 5.56 Å². The maximum atomic E-state index is 9.68. The molecule has 0 bridgehead atoms. The number of aryl methyl sites for hydroxylation is 1. The molecular weight excluding hydrogens is 232 g/mol. The molecule has 0 amide bonds. The minimum atomic E-state index is 0.443. The van der Waals surface area contributed by atoms with Crippen molar-refractivity contribution in [1.82, 2.24) is 0 Å². The van der Waals surface area contributed by atoms with Crippen molar-refractivity contribution < 1.29 is 5.11 Å². The van der Waals surface area contributed by atoms with Gasteiger partial charge in [-0.2, -0.15) is 0 Å². The number of hydrogen-bond donors (Lipinski definition) is 1. The van der Waals surface area contributed by atoms with E-state index in [0.29, 0.717) is 11.2 Å². The van der Waals surface area contributed by atoms with Gasteiger partial charge in [-0.1, -0.05) is 19.4 Å². The molecule has 0 aromatic heterocycles. The zero-order valence-corrected chi connectivity index (χ0v) is 11.9. The highest BCUT2D eigenvalue weighted by Gasteiger charge is 2.50. The Morgan fingerprint density at radius 2 is 2.05 bits per heavy atom. The Kier molecular flexibility index (Phi) is 2.49. The molecule has 1 heteroatoms. The molecule has 1 aromatic rings. The molecule has 3 aliphatic carbocycles. The molecule has 4 rings (SSSR count). The molecule has 19 heavy (non-hydrogen) atoms. The molecular formula is C18H24O. The standard InChI is InChI=1S/C18H24O/c1-18-9-2-3-17(18)16-6-4-12-11-13(19)5-7-14(12)15(16)8-10-18/h5,7,11,15-17,19H,2-4,6,8-10H2,1H3/t15-,16+,17-,18+/m0/s1. The molecule has 1 N–H and O–H groups in total. The first kappa shape index (κ1) is 11.8. The van der Waals surface area contributed by atoms with E-state index in [2.05, 4.69) is 13.0 Å². The highest BCUT2D eigenvalue weighted by atomic mass is 16.3. The van der Waals surface area contributed by atoms with Crippen LogP contribution in [0.3, 0.4) is 0 Å². The van der Waals surface area contributed by atoms with Crippen molar-refractivity contribution >= 4 is 0 Å². The van der Waals surface area contributed by atoms with Crippen molar-refractivity contribution in [3.05, 3.63) is 29.3 Å². The van der Waals surface area contributed by atoms with Gasteiger partial charge in [-0.3, -0.25) is 0 Å². The van der Waals surface area contributed by atoms with E-state index in [4.69, 9.17) is 0 Å². The predicted molar refractivity (Wildman–Crippen MR) is 77.3 cm³/mol. The van der Waals surface area contributed by atoms with E-state index < -0.39 is 0 Å². The van der Waals surface area contributed by atoms with Crippen molar-refractivity contribution in [2.24, 2.45) is 17.3 Å². The molecule has 0 unspecified atom stereocenters. The lowest BCUT2D eigenvalue weighted by Crippen LogP contribution is -2.39. The Morgan fingerprint density at radius 1 is 1.16 bits per heavy atom. The summed E-state index contributed by atoms with van der Waals surface area (Å²) in [6.07, 6.45) is 9.69. The van der Waals surface area contributed by atoms with Crippen LogP contribution < -0.4 is 0 Å². The van der Waals surface area contributed by atoms with Crippen LogP contribution in [0.1, 0.15) is 62.5 Å². The number of rotatable bonds is 0. The molecule has 1 nitrogen and oxygen atoms in total. The SMILES string of the molecule is C[C@]12CCC[C@H]1[C@@H]1CCc3cc(O)ccc3[C@@H]1CC2. The van der Waals surface area contributed by atoms with Gasteiger partial charge in [-0.05, 0) is 85.0 Å². The molecule has 0 aliphatic heterocycles. The first-order valence-electron chi connectivity index (χ1n) is 7.99. The summed E-state index contributed by atoms with van der Waals surface area (Å²) in [6.45, 7) is 2.55. The zero-order chi connectivity index (χ0) is 13.0. The van der Waals surface area contributed by atoms with Gasteiger partial charge in [0.15, 0.2) is 0 Å². The van der Waals surface area contributed by atoms with Crippen molar-refractivity contribution in [1.29, 1.82) is 0 Å². The average Bonchev–Trinajstić information content (AvgIpc) is 2.79. The van der Waals surface area contributed by atoms with Crippen LogP contribution in [0.4, 0.5) is 0 Å². The predicted octanol–water partition coefficient (Wildman–Crippen LogP) is 4.64. The van der Waals surface area contributed by atoms with Crippen LogP contribution >= 0.6 is 0 Å². The highest BCUT2D eigenvalue weighted by Crippen LogP contribution is 2.60. The van der Waals surface area contributed by atoms with E-state index >= 15 is 0 Å². The second-order valence-electron chi connectivity index (χ2n) is 7.38. The van der Waals surface area contributed by atoms with E-state index in [-0.39, 0.29) is 0 Å². The lowest BCUT2D eigenvalue weighted by Gasteiger charge is -2.49. The molecule has 3 aliphatic rings. The van der Waals surface area contributed by atoms with Crippen LogP contribution in [-0.4, -0.2) is 5.11 Å². The van der Waals surface area contributed by atoms with E-state index in [9.17, 15) is 5.11 Å². The third kappa shape index (κ3) is 1.67. The number of aromatic hydroxyl groups is 1. The Labute approximate surface area is 116 Å². The summed E-state index contributed by atoms with van der Waals surface area (Å²) in [5.74, 6) is 3.10. The Bertz CT molecular complexity index is 506. The van der Waals surface area contributed by atoms with Crippen molar-refractivity contribution in [2.45, 2.75) is 57.8 Å². The first-order valence-corrected chi connectivity index (χ1v) is 7.99. The summed E-state index contributed by atoms with van der Waals surface area (Å²) in [6, 6.07) is 6.11. The zero-order valence-electron chi connectivity index (χ0n) is 11.9. The number of phenolic OH excluding ortho intramolecular Hbond substituents is 1. The van der Waals surface area contributed by atoms with Gasteiger partial charge in [0.1, 0.15) is 5.75 Å². The molecule has 102 valence electrons. The van der Waals surface area contributed by atoms with Crippen LogP contribution in [0.2, 0.25) is 0 Å². The van der Waals surface area contributed by atoms with Crippen molar-refractivity contribution in [3.8, 4) is 5.75 Å². The topological polar surface area (TPSA) is 20.2 Å². The summed E-state index contributed by atoms with van der Waals surface area (Å²) < 4.78 is 0. The Morgan fingerprint density at radius 3 is 2.95 bits per heavy atom. The van der Waals surface area contributed by atoms with Gasteiger partial charge in [0.05, 0.1) is 0 Å². The molecule has 0 spiro atoms. The second-order valence-corrected chi connectivity index (χ2v) is 7.38. The maximum Gasteiger partial charge on any atom is 0.115 e. The number of hydrogen-bond acceptors (Lipinski definition) is 1. The normalized spacial score (nSPS) is 40.4. The van der Waals surface area contributed by atoms with Gasteiger partial charge in [0.25, 0.3) is 0 Å². The summed E-state index contributed by atoms with van der Waals surface area (Å²) in [5.41, 5.74) is 3.63. The molecule has 0 heterocycles. The first-order chi connectivity index (χ1) is 9.17. The van der Waals surface area contributed by atoms with Gasteiger partial charge >= 0.3 is 0 Å². The Hall–Kier alpha value is -0.980. The smallest absolute Gasteiger partial charge is 0.115 e. The third-order valence-electron chi connectivity index (χ3n) is 6.49. The van der Waals surface area contributed by atoms with E-state index in [0.717, 1.165) is 17.8 Å². The summed E-state index contributed by atoms with van der Waals surface area (Å²) in [5, 5.41) is 9.68. The van der Waals surface area contributed by atoms with Crippen LogP contribution in [0.5, 0.6) is 5.75 Å². The van der Waals surface area contributed by atoms with Crippen LogP contribution in [-0.2, 0) is 6.42 Å². The molecule has 0 radical (unpaired) electrons. The molecule has 2 saturated carbocycles. The van der Waals surface area contributed by atoms with Crippen molar-refractivity contribution in [2.75, 3.05) is 0 Å². The van der Waals surface area contributed by atoms with Gasteiger partial charge in [0.2, 0.25) is 0 Å². The quantitative estimate of drug-likeness (QED) is 0.717. The largest absolute Gasteiger partial charge is 0.508 e. The van der Waals surface area contributed by atoms with Gasteiger partial charge in [-0.25, -0.2) is 0 Å². The second kappa shape index (κ2) is 4.01. The highest BCUT2D eigenvalue weighted by molar-refractivity contribution is 5.40. The summed E-state index contributed by atoms with van der Waals surface area (Å²) >= 11 is 0. The molecule has 1 aromatic carbocycles. The molecule has 0 saturated heterocycles. The summed E-state index contributed by atoms with van der Waals surface area (Å²) in [7, 11) is 0. The molecule has 2 fully saturated rings. The fraction of sp³-hybridized carbons (Fsp3) is 0.667. The van der Waals surface area contributed by atoms with Crippen LogP contribution in [0, 0.1) is 17.3 Å². The lowest BCUT2D eigenvalue weighted by molar-refractivity contribution is 0.0598. The minimum absolute atomic E-state index is 0.443. The van der Waals surface area contributed by atoms with Gasteiger partial charge in [0, 0.05) is 0 Å². The third-order valence-corrected chi connectivity index (χ3v) is 6.49.